The molecule has 0 atom stereocenters. The Balaban J connectivity index is 1.25. The summed E-state index contributed by atoms with van der Waals surface area (Å²) in [6.45, 7) is 13.7. The predicted molar refractivity (Wildman–Crippen MR) is 170 cm³/mol. The van der Waals surface area contributed by atoms with Gasteiger partial charge in [-0.25, -0.2) is 14.5 Å². The number of nitrogens with one attached hydrogen (secondary N) is 2. The number of rotatable bonds is 6. The first kappa shape index (κ1) is 29.5. The molecule has 9 heteroatoms. The number of aromatic nitrogens is 3. The van der Waals surface area contributed by atoms with Crippen LogP contribution in [0.1, 0.15) is 70.8 Å². The molecule has 0 bridgehead atoms. The minimum Gasteiger partial charge on any atom is -0.338 e. The average molecular weight is 585 g/mol. The van der Waals surface area contributed by atoms with Gasteiger partial charge in [0.25, 0.3) is 5.91 Å². The Morgan fingerprint density at radius 1 is 0.976 bits per heavy atom. The number of thiazole rings is 1. The van der Waals surface area contributed by atoms with E-state index in [1.165, 1.54) is 11.3 Å². The average Bonchev–Trinajstić information content (AvgIpc) is 3.52. The maximum Gasteiger partial charge on any atom is 0.324 e. The van der Waals surface area contributed by atoms with E-state index in [1.54, 1.807) is 4.68 Å². The second kappa shape index (κ2) is 12.1. The van der Waals surface area contributed by atoms with Crippen LogP contribution >= 0.6 is 11.3 Å². The lowest BCUT2D eigenvalue weighted by Crippen LogP contribution is -2.38. The van der Waals surface area contributed by atoms with E-state index in [1.807, 2.05) is 74.2 Å². The van der Waals surface area contributed by atoms with Gasteiger partial charge < -0.3 is 10.2 Å². The molecule has 1 aliphatic rings. The van der Waals surface area contributed by atoms with Gasteiger partial charge in [0.2, 0.25) is 0 Å². The van der Waals surface area contributed by atoms with Gasteiger partial charge in [0.1, 0.15) is 10.7 Å². The van der Waals surface area contributed by atoms with Gasteiger partial charge in [-0.3, -0.25) is 10.1 Å². The van der Waals surface area contributed by atoms with Crippen LogP contribution < -0.4 is 10.6 Å². The summed E-state index contributed by atoms with van der Waals surface area (Å²) in [5.41, 5.74) is 5.47. The minimum atomic E-state index is -0.313. The van der Waals surface area contributed by atoms with E-state index in [0.717, 1.165) is 76.1 Å². The number of amides is 3. The maximum absolute atomic E-state index is 13.3. The number of nitrogens with zero attached hydrogens (tertiary/aromatic N) is 4. The summed E-state index contributed by atoms with van der Waals surface area (Å²) in [5, 5.41) is 11.9. The van der Waals surface area contributed by atoms with Gasteiger partial charge >= 0.3 is 6.03 Å². The molecule has 0 spiro atoms. The molecule has 220 valence electrons. The molecule has 0 unspecified atom stereocenters. The van der Waals surface area contributed by atoms with Crippen molar-refractivity contribution in [2.75, 3.05) is 23.7 Å². The van der Waals surface area contributed by atoms with Crippen molar-refractivity contribution in [3.05, 3.63) is 87.0 Å². The Kier molecular flexibility index (Phi) is 8.50. The fourth-order valence-electron chi connectivity index (χ4n) is 5.33. The largest absolute Gasteiger partial charge is 0.338 e. The van der Waals surface area contributed by atoms with Crippen LogP contribution in [-0.4, -0.2) is 44.7 Å². The fraction of sp³-hybridized carbons (Fsp3) is 0.394. The van der Waals surface area contributed by atoms with Crippen LogP contribution in [0.3, 0.4) is 0 Å². The summed E-state index contributed by atoms with van der Waals surface area (Å²) in [4.78, 5) is 33.5. The third-order valence-electron chi connectivity index (χ3n) is 7.77. The molecule has 5 rings (SSSR count). The maximum atomic E-state index is 13.3. The molecule has 1 aliphatic heterocycles. The normalized spacial score (nSPS) is 14.2. The summed E-state index contributed by atoms with van der Waals surface area (Å²) < 4.78 is 1.79. The summed E-state index contributed by atoms with van der Waals surface area (Å²) in [5.74, 6) is 1.14. The Hall–Kier alpha value is -3.98. The summed E-state index contributed by atoms with van der Waals surface area (Å²) >= 11 is 1.48. The van der Waals surface area contributed by atoms with E-state index in [4.69, 9.17) is 5.10 Å². The Labute approximate surface area is 252 Å². The zero-order valence-corrected chi connectivity index (χ0v) is 26.1. The van der Waals surface area contributed by atoms with Gasteiger partial charge in [-0.15, -0.1) is 11.3 Å². The Bertz CT molecular complexity index is 1570. The van der Waals surface area contributed by atoms with Crippen molar-refractivity contribution < 1.29 is 9.59 Å². The van der Waals surface area contributed by atoms with Crippen LogP contribution in [0.15, 0.2) is 54.6 Å². The van der Waals surface area contributed by atoms with Crippen molar-refractivity contribution in [1.82, 2.24) is 19.7 Å². The molecular formula is C33H40N6O2S. The van der Waals surface area contributed by atoms with Crippen molar-refractivity contribution in [1.29, 1.82) is 0 Å². The van der Waals surface area contributed by atoms with Crippen LogP contribution in [-0.2, 0) is 11.8 Å². The lowest BCUT2D eigenvalue weighted by molar-refractivity contribution is 0.0694. The van der Waals surface area contributed by atoms with Crippen molar-refractivity contribution in [2.24, 2.45) is 5.92 Å². The zero-order chi connectivity index (χ0) is 30.0. The molecule has 3 heterocycles. The number of hydrogen-bond donors (Lipinski definition) is 2. The smallest absolute Gasteiger partial charge is 0.324 e. The third kappa shape index (κ3) is 6.73. The van der Waals surface area contributed by atoms with Crippen molar-refractivity contribution in [3.63, 3.8) is 0 Å². The van der Waals surface area contributed by atoms with Crippen molar-refractivity contribution >= 4 is 34.8 Å². The number of carbonyl (C=O) groups excluding carboxylic acids is 2. The molecule has 4 aromatic rings. The molecule has 0 saturated carbocycles. The number of urea groups is 1. The van der Waals surface area contributed by atoms with E-state index in [-0.39, 0.29) is 17.4 Å². The first-order chi connectivity index (χ1) is 20.0. The summed E-state index contributed by atoms with van der Waals surface area (Å²) in [6.07, 6.45) is 2.69. The number of aryl methyl sites for hydroxylation is 3. The molecule has 1 fully saturated rings. The molecule has 3 amide bonds. The second-order valence-electron chi connectivity index (χ2n) is 12.2. The van der Waals surface area contributed by atoms with Crippen LogP contribution in [0.4, 0.5) is 16.3 Å². The highest BCUT2D eigenvalue weighted by Gasteiger charge is 2.27. The molecule has 8 nitrogen and oxygen atoms in total. The van der Waals surface area contributed by atoms with E-state index >= 15 is 0 Å². The number of carbonyl (C=O) groups is 2. The van der Waals surface area contributed by atoms with Gasteiger partial charge in [-0.05, 0) is 69.7 Å². The molecule has 0 radical (unpaired) electrons. The number of benzene rings is 2. The van der Waals surface area contributed by atoms with Crippen LogP contribution in [0.25, 0.3) is 5.69 Å². The van der Waals surface area contributed by atoms with E-state index in [0.29, 0.717) is 11.7 Å². The second-order valence-corrected chi connectivity index (χ2v) is 13.4. The van der Waals surface area contributed by atoms with Gasteiger partial charge in [-0.2, -0.15) is 5.10 Å². The quantitative estimate of drug-likeness (QED) is 0.249. The first-order valence-electron chi connectivity index (χ1n) is 14.5. The molecule has 2 aromatic heterocycles. The van der Waals surface area contributed by atoms with Crippen LogP contribution in [0, 0.1) is 26.7 Å². The highest BCUT2D eigenvalue weighted by atomic mass is 32.1. The predicted octanol–water partition coefficient (Wildman–Crippen LogP) is 7.29. The van der Waals surface area contributed by atoms with E-state index < -0.39 is 0 Å². The number of para-hydroxylation sites is 1. The summed E-state index contributed by atoms with van der Waals surface area (Å²) in [6, 6.07) is 17.7. The van der Waals surface area contributed by atoms with E-state index in [2.05, 4.69) is 42.5 Å². The third-order valence-corrected chi connectivity index (χ3v) is 8.83. The SMILES string of the molecule is Cc1ccc(-n2nc(C(C)(C)C)cc2NC(=O)Nc2ccccc2CC2CCN(C(=O)c3sc(C)nc3C)CC2)cc1. The first-order valence-corrected chi connectivity index (χ1v) is 15.4. The lowest BCUT2D eigenvalue weighted by atomic mass is 9.89. The molecule has 2 N–H and O–H groups in total. The number of piperidine rings is 1. The van der Waals surface area contributed by atoms with Gasteiger partial charge in [0.05, 0.1) is 22.1 Å². The molecule has 0 aliphatic carbocycles. The van der Waals surface area contributed by atoms with Gasteiger partial charge in [0, 0.05) is 30.3 Å². The molecule has 42 heavy (non-hydrogen) atoms. The van der Waals surface area contributed by atoms with Gasteiger partial charge in [-0.1, -0.05) is 56.7 Å². The van der Waals surface area contributed by atoms with Crippen molar-refractivity contribution in [3.8, 4) is 5.69 Å². The zero-order valence-electron chi connectivity index (χ0n) is 25.3. The minimum absolute atomic E-state index is 0.0924. The standard InChI is InChI=1S/C33H40N6O2S/c1-21-11-13-26(14-12-21)39-29(20-28(37-39)33(4,5)6)36-32(41)35-27-10-8-7-9-25(27)19-24-15-17-38(18-16-24)31(40)30-22(2)34-23(3)42-30/h7-14,20,24H,15-19H2,1-6H3,(H2,35,36,41). The van der Waals surface area contributed by atoms with Crippen LogP contribution in [0.2, 0.25) is 0 Å². The number of hydrogen-bond acceptors (Lipinski definition) is 5. The monoisotopic (exact) mass is 584 g/mol. The number of anilines is 2. The summed E-state index contributed by atoms with van der Waals surface area (Å²) in [7, 11) is 0. The highest BCUT2D eigenvalue weighted by molar-refractivity contribution is 7.13. The fourth-order valence-corrected chi connectivity index (χ4v) is 6.22. The lowest BCUT2D eigenvalue weighted by Gasteiger charge is -2.32. The number of likely N-dealkylation sites (tertiary alicyclic amines) is 1. The highest BCUT2D eigenvalue weighted by Crippen LogP contribution is 2.29. The Morgan fingerprint density at radius 2 is 1.67 bits per heavy atom. The molecule has 1 saturated heterocycles. The van der Waals surface area contributed by atoms with Crippen LogP contribution in [0.5, 0.6) is 0 Å². The van der Waals surface area contributed by atoms with Crippen molar-refractivity contribution in [2.45, 2.75) is 66.2 Å². The Morgan fingerprint density at radius 3 is 2.31 bits per heavy atom. The molecular weight excluding hydrogens is 544 g/mol. The van der Waals surface area contributed by atoms with Gasteiger partial charge in [0.15, 0.2) is 0 Å². The topological polar surface area (TPSA) is 92.2 Å². The van der Waals surface area contributed by atoms with E-state index in [9.17, 15) is 9.59 Å². The molecule has 2 aromatic carbocycles.